The maximum atomic E-state index is 11.6. The van der Waals surface area contributed by atoms with Gasteiger partial charge in [-0.25, -0.2) is 4.79 Å². The Bertz CT molecular complexity index is 616. The lowest BCUT2D eigenvalue weighted by molar-refractivity contribution is 0.234. The van der Waals surface area contributed by atoms with Crippen LogP contribution in [0.25, 0.3) is 0 Å². The zero-order chi connectivity index (χ0) is 15.8. The molecule has 1 aromatic carbocycles. The minimum Gasteiger partial charge on any atom is -0.492 e. The average Bonchev–Trinajstić information content (AvgIpc) is 2.98. The number of aromatic nitrogens is 1. The highest BCUT2D eigenvalue weighted by atomic mass is 35.5. The topological polar surface area (TPSA) is 76.4 Å². The molecule has 1 aromatic heterocycles. The molecule has 2 aromatic rings. The molecule has 0 atom stereocenters. The van der Waals surface area contributed by atoms with E-state index in [0.717, 1.165) is 12.1 Å². The van der Waals surface area contributed by atoms with Crippen LogP contribution < -0.4 is 15.4 Å². The number of hydrogen-bond acceptors (Lipinski definition) is 4. The Morgan fingerprint density at radius 1 is 1.36 bits per heavy atom. The molecule has 0 unspecified atom stereocenters. The highest BCUT2D eigenvalue weighted by Gasteiger charge is 2.05. The van der Waals surface area contributed by atoms with Crippen molar-refractivity contribution in [3.63, 3.8) is 0 Å². The number of hydrogen-bond donors (Lipinski definition) is 2. The summed E-state index contributed by atoms with van der Waals surface area (Å²) in [5.41, 5.74) is 0.868. The Labute approximate surface area is 133 Å². The second-order valence-electron chi connectivity index (χ2n) is 4.55. The Balaban J connectivity index is 1.61. The first kappa shape index (κ1) is 16.2. The largest absolute Gasteiger partial charge is 0.492 e. The van der Waals surface area contributed by atoms with Crippen LogP contribution in [-0.4, -0.2) is 24.3 Å². The summed E-state index contributed by atoms with van der Waals surface area (Å²) in [5, 5.41) is 9.84. The van der Waals surface area contributed by atoms with Crippen LogP contribution in [0.2, 0.25) is 5.02 Å². The van der Waals surface area contributed by atoms with Crippen LogP contribution in [0.15, 0.2) is 34.9 Å². The fourth-order valence-electron chi connectivity index (χ4n) is 1.73. The molecule has 6 nitrogen and oxygen atoms in total. The number of aryl methyl sites for hydroxylation is 1. The zero-order valence-electron chi connectivity index (χ0n) is 12.3. The van der Waals surface area contributed by atoms with Gasteiger partial charge in [0, 0.05) is 11.1 Å². The predicted octanol–water partition coefficient (Wildman–Crippen LogP) is 2.77. The van der Waals surface area contributed by atoms with Crippen LogP contribution in [0.1, 0.15) is 18.4 Å². The standard InChI is InChI=1S/C15H18ClN3O3/c1-2-12-9-14(22-19-12)10-18-15(20)17-6-7-21-13-5-3-4-11(16)8-13/h3-5,8-9H,2,6-7,10H2,1H3,(H2,17,18,20). The number of halogens is 1. The number of urea groups is 1. The molecule has 7 heteroatoms. The van der Waals surface area contributed by atoms with Gasteiger partial charge in [-0.2, -0.15) is 0 Å². The number of carbonyl (C=O) groups excluding carboxylic acids is 1. The molecule has 118 valence electrons. The molecule has 0 saturated heterocycles. The Kier molecular flexibility index (Phi) is 6.09. The van der Waals surface area contributed by atoms with E-state index in [1.807, 2.05) is 13.0 Å². The van der Waals surface area contributed by atoms with Crippen LogP contribution in [0.4, 0.5) is 4.79 Å². The summed E-state index contributed by atoms with van der Waals surface area (Å²) in [5.74, 6) is 1.30. The average molecular weight is 324 g/mol. The highest BCUT2D eigenvalue weighted by molar-refractivity contribution is 6.30. The van der Waals surface area contributed by atoms with Crippen molar-refractivity contribution in [2.45, 2.75) is 19.9 Å². The molecule has 22 heavy (non-hydrogen) atoms. The van der Waals surface area contributed by atoms with Crippen LogP contribution in [0, 0.1) is 0 Å². The van der Waals surface area contributed by atoms with E-state index in [4.69, 9.17) is 20.9 Å². The van der Waals surface area contributed by atoms with Gasteiger partial charge in [0.15, 0.2) is 5.76 Å². The van der Waals surface area contributed by atoms with Gasteiger partial charge in [0.1, 0.15) is 12.4 Å². The molecular formula is C15H18ClN3O3. The van der Waals surface area contributed by atoms with E-state index >= 15 is 0 Å². The van der Waals surface area contributed by atoms with Crippen LogP contribution >= 0.6 is 11.6 Å². The molecule has 0 bridgehead atoms. The highest BCUT2D eigenvalue weighted by Crippen LogP contribution is 2.16. The minimum atomic E-state index is -0.288. The van der Waals surface area contributed by atoms with Crippen LogP contribution in [0.3, 0.4) is 0 Å². The van der Waals surface area contributed by atoms with Gasteiger partial charge in [0.05, 0.1) is 18.8 Å². The van der Waals surface area contributed by atoms with E-state index < -0.39 is 0 Å². The van der Waals surface area contributed by atoms with Crippen molar-refractivity contribution in [1.29, 1.82) is 0 Å². The molecule has 1 heterocycles. The van der Waals surface area contributed by atoms with E-state index in [9.17, 15) is 4.79 Å². The van der Waals surface area contributed by atoms with Crippen molar-refractivity contribution in [2.75, 3.05) is 13.2 Å². The lowest BCUT2D eigenvalue weighted by Crippen LogP contribution is -2.37. The number of nitrogens with one attached hydrogen (secondary N) is 2. The van der Waals surface area contributed by atoms with Gasteiger partial charge < -0.3 is 19.9 Å². The molecule has 2 rings (SSSR count). The number of nitrogens with zero attached hydrogens (tertiary/aromatic N) is 1. The quantitative estimate of drug-likeness (QED) is 0.768. The van der Waals surface area contributed by atoms with Gasteiger partial charge in [-0.3, -0.25) is 0 Å². The monoisotopic (exact) mass is 323 g/mol. The van der Waals surface area contributed by atoms with E-state index in [1.165, 1.54) is 0 Å². The zero-order valence-corrected chi connectivity index (χ0v) is 13.0. The normalized spacial score (nSPS) is 10.3. The fourth-order valence-corrected chi connectivity index (χ4v) is 1.91. The molecule has 0 fully saturated rings. The first-order valence-electron chi connectivity index (χ1n) is 7.02. The first-order valence-corrected chi connectivity index (χ1v) is 7.39. The second-order valence-corrected chi connectivity index (χ2v) is 4.99. The number of ether oxygens (including phenoxy) is 1. The first-order chi connectivity index (χ1) is 10.7. The van der Waals surface area contributed by atoms with Gasteiger partial charge in [0.25, 0.3) is 0 Å². The van der Waals surface area contributed by atoms with E-state index in [1.54, 1.807) is 24.3 Å². The van der Waals surface area contributed by atoms with Gasteiger partial charge in [0.2, 0.25) is 0 Å². The van der Waals surface area contributed by atoms with Gasteiger partial charge in [-0.05, 0) is 24.6 Å². The van der Waals surface area contributed by atoms with Crippen molar-refractivity contribution < 1.29 is 14.1 Å². The SMILES string of the molecule is CCc1cc(CNC(=O)NCCOc2cccc(Cl)c2)on1. The Hall–Kier alpha value is -2.21. The fraction of sp³-hybridized carbons (Fsp3) is 0.333. The number of amides is 2. The summed E-state index contributed by atoms with van der Waals surface area (Å²) in [6.07, 6.45) is 0.802. The molecule has 0 spiro atoms. The summed E-state index contributed by atoms with van der Waals surface area (Å²) in [6.45, 7) is 3.03. The summed E-state index contributed by atoms with van der Waals surface area (Å²) < 4.78 is 10.5. The van der Waals surface area contributed by atoms with Crippen molar-refractivity contribution in [2.24, 2.45) is 0 Å². The summed E-state index contributed by atoms with van der Waals surface area (Å²) in [4.78, 5) is 11.6. The second kappa shape index (κ2) is 8.29. The van der Waals surface area contributed by atoms with Crippen LogP contribution in [-0.2, 0) is 13.0 Å². The Morgan fingerprint density at radius 2 is 2.23 bits per heavy atom. The number of benzene rings is 1. The smallest absolute Gasteiger partial charge is 0.315 e. The van der Waals surface area contributed by atoms with Crippen molar-refractivity contribution in [3.8, 4) is 5.75 Å². The minimum absolute atomic E-state index is 0.288. The van der Waals surface area contributed by atoms with Gasteiger partial charge in [-0.1, -0.05) is 29.7 Å². The Morgan fingerprint density at radius 3 is 2.95 bits per heavy atom. The van der Waals surface area contributed by atoms with Gasteiger partial charge >= 0.3 is 6.03 Å². The number of rotatable bonds is 7. The maximum Gasteiger partial charge on any atom is 0.315 e. The third-order valence-electron chi connectivity index (χ3n) is 2.85. The lowest BCUT2D eigenvalue weighted by atomic mass is 10.3. The summed E-state index contributed by atoms with van der Waals surface area (Å²) >= 11 is 5.85. The maximum absolute atomic E-state index is 11.6. The molecule has 0 aliphatic rings. The third-order valence-corrected chi connectivity index (χ3v) is 3.08. The van der Waals surface area contributed by atoms with Crippen molar-refractivity contribution in [1.82, 2.24) is 15.8 Å². The van der Waals surface area contributed by atoms with E-state index in [2.05, 4.69) is 15.8 Å². The van der Waals surface area contributed by atoms with E-state index in [-0.39, 0.29) is 6.03 Å². The van der Waals surface area contributed by atoms with Crippen molar-refractivity contribution >= 4 is 17.6 Å². The number of carbonyl (C=O) groups is 1. The molecule has 0 aliphatic carbocycles. The van der Waals surface area contributed by atoms with Crippen molar-refractivity contribution in [3.05, 3.63) is 46.8 Å². The molecule has 0 aliphatic heterocycles. The molecular weight excluding hydrogens is 306 g/mol. The third kappa shape index (κ3) is 5.29. The van der Waals surface area contributed by atoms with Gasteiger partial charge in [-0.15, -0.1) is 0 Å². The summed E-state index contributed by atoms with van der Waals surface area (Å²) in [7, 11) is 0. The van der Waals surface area contributed by atoms with Crippen LogP contribution in [0.5, 0.6) is 5.75 Å². The molecule has 0 saturated carbocycles. The molecule has 2 N–H and O–H groups in total. The summed E-state index contributed by atoms with van der Waals surface area (Å²) in [6, 6.07) is 8.64. The van der Waals surface area contributed by atoms with E-state index in [0.29, 0.717) is 36.2 Å². The predicted molar refractivity (Wildman–Crippen MR) is 83.1 cm³/mol. The lowest BCUT2D eigenvalue weighted by Gasteiger charge is -2.08. The molecule has 2 amide bonds. The molecule has 0 radical (unpaired) electrons.